The van der Waals surface area contributed by atoms with E-state index in [9.17, 15) is 5.26 Å². The third kappa shape index (κ3) is 2.76. The zero-order valence-corrected chi connectivity index (χ0v) is 14.0. The third-order valence-electron chi connectivity index (χ3n) is 3.72. The van der Waals surface area contributed by atoms with Gasteiger partial charge in [0.2, 0.25) is 0 Å². The Morgan fingerprint density at radius 3 is 2.77 bits per heavy atom. The second-order valence-corrected chi connectivity index (χ2v) is 5.79. The molecule has 9 heteroatoms. The molecule has 3 heterocycles. The van der Waals surface area contributed by atoms with Crippen LogP contribution in [-0.4, -0.2) is 24.7 Å². The number of pyridine rings is 1. The predicted octanol–water partition coefficient (Wildman–Crippen LogP) is 3.06. The number of nitrogens with one attached hydrogen (secondary N) is 1. The Kier molecular flexibility index (Phi) is 3.84. The second kappa shape index (κ2) is 6.31. The van der Waals surface area contributed by atoms with Gasteiger partial charge in [0, 0.05) is 23.7 Å². The topological polar surface area (TPSA) is 118 Å². The molecule has 0 aliphatic carbocycles. The standard InChI is InChI=1S/C17H11ClN8/c18-12-3-1-2-10(6-19)17(12)26-13-4-15(21-7-11(13)8-24-26)25-16-5-14(20)22-9-23-16/h1-5,7-9H,(H3,20,21,22,23,25). The van der Waals surface area contributed by atoms with Gasteiger partial charge in [-0.25, -0.2) is 19.6 Å². The first-order valence-electron chi connectivity index (χ1n) is 7.53. The molecule has 4 aromatic rings. The molecule has 0 aliphatic heterocycles. The highest BCUT2D eigenvalue weighted by Crippen LogP contribution is 2.28. The first-order valence-corrected chi connectivity index (χ1v) is 7.91. The van der Waals surface area contributed by atoms with E-state index in [4.69, 9.17) is 17.3 Å². The molecule has 3 N–H and O–H groups in total. The first-order chi connectivity index (χ1) is 12.7. The normalized spacial score (nSPS) is 10.6. The van der Waals surface area contributed by atoms with Crippen molar-refractivity contribution < 1.29 is 0 Å². The number of para-hydroxylation sites is 1. The largest absolute Gasteiger partial charge is 0.384 e. The Bertz CT molecular complexity index is 1160. The van der Waals surface area contributed by atoms with Crippen molar-refractivity contribution in [2.45, 2.75) is 0 Å². The van der Waals surface area contributed by atoms with Crippen molar-refractivity contribution in [1.29, 1.82) is 5.26 Å². The summed E-state index contributed by atoms with van der Waals surface area (Å²) in [5.74, 6) is 1.41. The molecule has 0 radical (unpaired) electrons. The molecule has 3 aromatic heterocycles. The number of anilines is 3. The summed E-state index contributed by atoms with van der Waals surface area (Å²) in [6.07, 6.45) is 4.71. The van der Waals surface area contributed by atoms with Gasteiger partial charge in [-0.3, -0.25) is 0 Å². The second-order valence-electron chi connectivity index (χ2n) is 5.39. The van der Waals surface area contributed by atoms with E-state index in [-0.39, 0.29) is 0 Å². The van der Waals surface area contributed by atoms with E-state index in [0.717, 1.165) is 10.9 Å². The predicted molar refractivity (Wildman–Crippen MR) is 98.3 cm³/mol. The summed E-state index contributed by atoms with van der Waals surface area (Å²) in [6, 6.07) is 10.7. The molecule has 0 atom stereocenters. The molecule has 0 aliphatic rings. The minimum atomic E-state index is 0.350. The minimum absolute atomic E-state index is 0.350. The van der Waals surface area contributed by atoms with E-state index in [1.165, 1.54) is 6.33 Å². The number of nitriles is 1. The number of hydrogen-bond acceptors (Lipinski definition) is 7. The molecular weight excluding hydrogens is 352 g/mol. The number of fused-ring (bicyclic) bond motifs is 1. The highest BCUT2D eigenvalue weighted by Gasteiger charge is 2.14. The molecule has 0 amide bonds. The fourth-order valence-corrected chi connectivity index (χ4v) is 2.81. The fourth-order valence-electron chi connectivity index (χ4n) is 2.56. The third-order valence-corrected chi connectivity index (χ3v) is 4.02. The SMILES string of the molecule is N#Cc1cccc(Cl)c1-n1ncc2cnc(Nc3cc(N)ncn3)cc21. The zero-order chi connectivity index (χ0) is 18.1. The van der Waals surface area contributed by atoms with Crippen LogP contribution in [-0.2, 0) is 0 Å². The average Bonchev–Trinajstić information content (AvgIpc) is 3.04. The summed E-state index contributed by atoms with van der Waals surface area (Å²) in [5, 5.41) is 18.1. The quantitative estimate of drug-likeness (QED) is 0.574. The van der Waals surface area contributed by atoms with Gasteiger partial charge in [0.15, 0.2) is 0 Å². The molecular formula is C17H11ClN8. The van der Waals surface area contributed by atoms with Crippen LogP contribution >= 0.6 is 11.6 Å². The summed E-state index contributed by atoms with van der Waals surface area (Å²) < 4.78 is 1.62. The number of aromatic nitrogens is 5. The van der Waals surface area contributed by atoms with Crippen LogP contribution in [0.3, 0.4) is 0 Å². The summed E-state index contributed by atoms with van der Waals surface area (Å²) in [6.45, 7) is 0. The highest BCUT2D eigenvalue weighted by atomic mass is 35.5. The summed E-state index contributed by atoms with van der Waals surface area (Å²) in [5.41, 5.74) is 7.36. The Balaban J connectivity index is 1.83. The van der Waals surface area contributed by atoms with Crippen molar-refractivity contribution in [3.05, 3.63) is 59.6 Å². The molecule has 8 nitrogen and oxygen atoms in total. The van der Waals surface area contributed by atoms with Crippen molar-refractivity contribution in [1.82, 2.24) is 24.7 Å². The van der Waals surface area contributed by atoms with Crippen LogP contribution in [0.15, 0.2) is 49.1 Å². The van der Waals surface area contributed by atoms with Crippen LogP contribution in [0.2, 0.25) is 5.02 Å². The Morgan fingerprint density at radius 2 is 1.96 bits per heavy atom. The fraction of sp³-hybridized carbons (Fsp3) is 0. The van der Waals surface area contributed by atoms with Gasteiger partial charge in [-0.05, 0) is 12.1 Å². The van der Waals surface area contributed by atoms with Crippen LogP contribution in [0.25, 0.3) is 16.6 Å². The van der Waals surface area contributed by atoms with E-state index in [2.05, 4.69) is 31.4 Å². The number of nitrogens with zero attached hydrogens (tertiary/aromatic N) is 6. The average molecular weight is 363 g/mol. The van der Waals surface area contributed by atoms with Crippen molar-refractivity contribution >= 4 is 40.0 Å². The van der Waals surface area contributed by atoms with Gasteiger partial charge in [0.05, 0.1) is 22.3 Å². The summed E-state index contributed by atoms with van der Waals surface area (Å²) in [4.78, 5) is 12.3. The molecule has 0 bridgehead atoms. The lowest BCUT2D eigenvalue weighted by Gasteiger charge is -2.09. The number of nitrogen functional groups attached to an aromatic ring is 1. The molecule has 0 saturated carbocycles. The van der Waals surface area contributed by atoms with E-state index in [1.807, 2.05) is 0 Å². The molecule has 4 rings (SSSR count). The maximum Gasteiger partial charge on any atom is 0.137 e. The lowest BCUT2D eigenvalue weighted by Crippen LogP contribution is -2.02. The van der Waals surface area contributed by atoms with Crippen molar-refractivity contribution in [2.24, 2.45) is 0 Å². The minimum Gasteiger partial charge on any atom is -0.384 e. The van der Waals surface area contributed by atoms with Gasteiger partial charge in [-0.1, -0.05) is 17.7 Å². The number of halogens is 1. The molecule has 0 unspecified atom stereocenters. The molecule has 126 valence electrons. The van der Waals surface area contributed by atoms with Gasteiger partial charge in [-0.2, -0.15) is 10.4 Å². The Hall–Kier alpha value is -3.70. The number of benzene rings is 1. The lowest BCUT2D eigenvalue weighted by atomic mass is 10.2. The maximum absolute atomic E-state index is 9.39. The molecule has 0 spiro atoms. The van der Waals surface area contributed by atoms with Crippen molar-refractivity contribution in [3.63, 3.8) is 0 Å². The lowest BCUT2D eigenvalue weighted by molar-refractivity contribution is 0.907. The van der Waals surface area contributed by atoms with Crippen LogP contribution in [0.5, 0.6) is 0 Å². The van der Waals surface area contributed by atoms with E-state index >= 15 is 0 Å². The number of nitrogens with two attached hydrogens (primary N) is 1. The van der Waals surface area contributed by atoms with Crippen LogP contribution < -0.4 is 11.1 Å². The van der Waals surface area contributed by atoms with Gasteiger partial charge in [0.1, 0.15) is 35.5 Å². The van der Waals surface area contributed by atoms with Gasteiger partial charge in [-0.15, -0.1) is 0 Å². The maximum atomic E-state index is 9.39. The van der Waals surface area contributed by atoms with Crippen molar-refractivity contribution in [3.8, 4) is 11.8 Å². The summed E-state index contributed by atoms with van der Waals surface area (Å²) in [7, 11) is 0. The highest BCUT2D eigenvalue weighted by molar-refractivity contribution is 6.32. The monoisotopic (exact) mass is 362 g/mol. The number of hydrogen-bond donors (Lipinski definition) is 2. The van der Waals surface area contributed by atoms with E-state index in [0.29, 0.717) is 33.7 Å². The van der Waals surface area contributed by atoms with Crippen LogP contribution in [0, 0.1) is 11.3 Å². The zero-order valence-electron chi connectivity index (χ0n) is 13.3. The van der Waals surface area contributed by atoms with E-state index < -0.39 is 0 Å². The molecule has 1 aromatic carbocycles. The molecule has 26 heavy (non-hydrogen) atoms. The van der Waals surface area contributed by atoms with Gasteiger partial charge in [0.25, 0.3) is 0 Å². The summed E-state index contributed by atoms with van der Waals surface area (Å²) >= 11 is 6.31. The Labute approximate surface area is 152 Å². The molecule has 0 saturated heterocycles. The van der Waals surface area contributed by atoms with Crippen LogP contribution in [0.1, 0.15) is 5.56 Å². The van der Waals surface area contributed by atoms with Gasteiger partial charge < -0.3 is 11.1 Å². The van der Waals surface area contributed by atoms with Crippen LogP contribution in [0.4, 0.5) is 17.5 Å². The van der Waals surface area contributed by atoms with E-state index in [1.54, 1.807) is 47.4 Å². The molecule has 0 fully saturated rings. The first kappa shape index (κ1) is 15.8. The van der Waals surface area contributed by atoms with Gasteiger partial charge >= 0.3 is 0 Å². The van der Waals surface area contributed by atoms with Crippen molar-refractivity contribution in [2.75, 3.05) is 11.1 Å². The Morgan fingerprint density at radius 1 is 1.12 bits per heavy atom. The smallest absolute Gasteiger partial charge is 0.137 e. The number of rotatable bonds is 3.